The molecule has 0 saturated heterocycles. The molecule has 15 heavy (non-hydrogen) atoms. The lowest BCUT2D eigenvalue weighted by Gasteiger charge is -2.12. The highest BCUT2D eigenvalue weighted by atomic mass is 32.1. The Balaban J connectivity index is 2.69. The molecule has 0 fully saturated rings. The van der Waals surface area contributed by atoms with Gasteiger partial charge in [-0.15, -0.1) is 0 Å². The van der Waals surface area contributed by atoms with Crippen molar-refractivity contribution >= 4 is 29.4 Å². The molecule has 9 heteroatoms. The summed E-state index contributed by atoms with van der Waals surface area (Å²) < 4.78 is 1.29. The van der Waals surface area contributed by atoms with Crippen molar-refractivity contribution in [1.82, 2.24) is 19.6 Å². The van der Waals surface area contributed by atoms with E-state index < -0.39 is 6.03 Å². The summed E-state index contributed by atoms with van der Waals surface area (Å²) in [6.07, 6.45) is 2.53. The normalized spacial score (nSPS) is 10.5. The predicted octanol–water partition coefficient (Wildman–Crippen LogP) is -0.105. The first-order valence-electron chi connectivity index (χ1n) is 3.80. The number of hydrogen-bond acceptors (Lipinski definition) is 5. The second-order valence-electron chi connectivity index (χ2n) is 2.62. The van der Waals surface area contributed by atoms with E-state index in [1.165, 1.54) is 12.7 Å². The number of primary amides is 1. The van der Waals surface area contributed by atoms with Crippen LogP contribution in [0, 0.1) is 4.64 Å². The number of hydroxylamine groups is 1. The average Bonchev–Trinajstić information content (AvgIpc) is 2.61. The number of H-pyrrole nitrogens is 1. The number of carbonyl (C=O) groups excluding carboxylic acids is 1. The van der Waals surface area contributed by atoms with E-state index in [0.29, 0.717) is 11.2 Å². The zero-order valence-electron chi connectivity index (χ0n) is 7.28. The summed E-state index contributed by atoms with van der Waals surface area (Å²) in [5.41, 5.74) is 5.59. The third-order valence-corrected chi connectivity index (χ3v) is 2.04. The van der Waals surface area contributed by atoms with Crippen molar-refractivity contribution in [1.29, 1.82) is 0 Å². The Bertz CT molecular complexity index is 574. The quantitative estimate of drug-likeness (QED) is 0.357. The van der Waals surface area contributed by atoms with Crippen molar-refractivity contribution in [3.8, 4) is 0 Å². The lowest BCUT2D eigenvalue weighted by atomic mass is 10.6. The Kier molecular flexibility index (Phi) is 2.10. The van der Waals surface area contributed by atoms with Crippen LogP contribution in [0.2, 0.25) is 0 Å². The molecule has 0 radical (unpaired) electrons. The highest BCUT2D eigenvalue weighted by Crippen LogP contribution is 2.08. The van der Waals surface area contributed by atoms with Crippen LogP contribution in [-0.2, 0) is 0 Å². The lowest BCUT2D eigenvalue weighted by molar-refractivity contribution is 0.173. The van der Waals surface area contributed by atoms with Gasteiger partial charge in [0.1, 0.15) is 11.8 Å². The number of nitrogens with two attached hydrogens (primary N) is 1. The van der Waals surface area contributed by atoms with Gasteiger partial charge in [-0.05, 0) is 0 Å². The van der Waals surface area contributed by atoms with Gasteiger partial charge in [0.2, 0.25) is 0 Å². The lowest BCUT2D eigenvalue weighted by Crippen LogP contribution is -2.40. The minimum atomic E-state index is -1.04. The van der Waals surface area contributed by atoms with E-state index in [9.17, 15) is 10.0 Å². The Morgan fingerprint density at radius 1 is 1.67 bits per heavy atom. The van der Waals surface area contributed by atoms with Crippen LogP contribution in [-0.4, -0.2) is 30.9 Å². The maximum atomic E-state index is 10.7. The molecule has 78 valence electrons. The molecule has 0 aromatic carbocycles. The topological polar surface area (TPSA) is 113 Å². The molecule has 2 aromatic rings. The fraction of sp³-hybridized carbons (Fsp3) is 0. The molecule has 0 aliphatic rings. The second kappa shape index (κ2) is 3.29. The van der Waals surface area contributed by atoms with Gasteiger partial charge in [0, 0.05) is 0 Å². The van der Waals surface area contributed by atoms with E-state index in [1.807, 2.05) is 0 Å². The molecule has 0 aliphatic carbocycles. The highest BCUT2D eigenvalue weighted by molar-refractivity contribution is 7.71. The molecule has 0 aliphatic heterocycles. The van der Waals surface area contributed by atoms with Gasteiger partial charge in [0.15, 0.2) is 10.3 Å². The molecule has 2 amide bonds. The molecule has 0 atom stereocenters. The van der Waals surface area contributed by atoms with Crippen LogP contribution in [0.15, 0.2) is 12.7 Å². The number of aromatic amines is 1. The van der Waals surface area contributed by atoms with Crippen molar-refractivity contribution in [2.45, 2.75) is 0 Å². The van der Waals surface area contributed by atoms with E-state index in [-0.39, 0.29) is 9.81 Å². The SMILES string of the molecule is NC(=O)N(O)n1cnc2c(=S)nc[nH]c21. The van der Waals surface area contributed by atoms with Gasteiger partial charge in [0.25, 0.3) is 0 Å². The number of urea groups is 1. The first kappa shape index (κ1) is 9.55. The van der Waals surface area contributed by atoms with E-state index in [0.717, 1.165) is 4.68 Å². The minimum absolute atomic E-state index is 0.209. The van der Waals surface area contributed by atoms with Crippen molar-refractivity contribution in [2.24, 2.45) is 5.73 Å². The number of nitrogens with zero attached hydrogens (tertiary/aromatic N) is 4. The Morgan fingerprint density at radius 3 is 3.07 bits per heavy atom. The molecule has 2 aromatic heterocycles. The maximum absolute atomic E-state index is 10.7. The summed E-state index contributed by atoms with van der Waals surface area (Å²) in [5, 5.41) is 9.49. The smallest absolute Gasteiger partial charge is 0.348 e. The van der Waals surface area contributed by atoms with Crippen LogP contribution < -0.4 is 10.9 Å². The zero-order valence-corrected chi connectivity index (χ0v) is 8.10. The number of rotatable bonds is 1. The van der Waals surface area contributed by atoms with Gasteiger partial charge in [-0.1, -0.05) is 17.4 Å². The van der Waals surface area contributed by atoms with Crippen LogP contribution in [0.25, 0.3) is 11.2 Å². The molecule has 0 spiro atoms. The second-order valence-corrected chi connectivity index (χ2v) is 3.01. The first-order valence-corrected chi connectivity index (χ1v) is 4.21. The van der Waals surface area contributed by atoms with Gasteiger partial charge in [-0.25, -0.2) is 14.8 Å². The average molecular weight is 226 g/mol. The molecule has 0 unspecified atom stereocenters. The molecule has 8 nitrogen and oxygen atoms in total. The zero-order chi connectivity index (χ0) is 11.0. The number of imidazole rings is 1. The van der Waals surface area contributed by atoms with Crippen molar-refractivity contribution < 1.29 is 10.0 Å². The fourth-order valence-corrected chi connectivity index (χ4v) is 1.30. The number of hydrogen-bond donors (Lipinski definition) is 3. The standard InChI is InChI=1S/C6H6N6O2S/c7-6(13)12(14)11-2-10-3-4(11)8-1-9-5(3)15/h1-2,14H,(H2,7,13)(H,8,9,15). The summed E-state index contributed by atoms with van der Waals surface area (Å²) in [6.45, 7) is 0. The summed E-state index contributed by atoms with van der Waals surface area (Å²) in [5.74, 6) is 0. The molecule has 4 N–H and O–H groups in total. The third kappa shape index (κ3) is 1.43. The van der Waals surface area contributed by atoms with E-state index in [2.05, 4.69) is 15.0 Å². The Labute approximate surface area is 87.9 Å². The summed E-state index contributed by atoms with van der Waals surface area (Å²) in [6, 6.07) is -1.04. The number of carbonyl (C=O) groups is 1. The first-order chi connectivity index (χ1) is 7.11. The van der Waals surface area contributed by atoms with Gasteiger partial charge < -0.3 is 10.7 Å². The minimum Gasteiger partial charge on any atom is -0.348 e. The highest BCUT2D eigenvalue weighted by Gasteiger charge is 2.13. The maximum Gasteiger partial charge on any atom is 0.359 e. The summed E-state index contributed by atoms with van der Waals surface area (Å²) in [4.78, 5) is 21.1. The van der Waals surface area contributed by atoms with E-state index >= 15 is 0 Å². The molecule has 2 rings (SSSR count). The Morgan fingerprint density at radius 2 is 2.40 bits per heavy atom. The molecular weight excluding hydrogens is 220 g/mol. The van der Waals surface area contributed by atoms with Crippen LogP contribution >= 0.6 is 12.2 Å². The van der Waals surface area contributed by atoms with E-state index in [1.54, 1.807) is 0 Å². The van der Waals surface area contributed by atoms with Crippen LogP contribution in [0.5, 0.6) is 0 Å². The number of amides is 2. The summed E-state index contributed by atoms with van der Waals surface area (Å²) >= 11 is 4.90. The third-order valence-electron chi connectivity index (χ3n) is 1.74. The molecule has 0 bridgehead atoms. The fourth-order valence-electron chi connectivity index (χ4n) is 1.09. The van der Waals surface area contributed by atoms with Gasteiger partial charge in [-0.2, -0.15) is 4.68 Å². The summed E-state index contributed by atoms with van der Waals surface area (Å²) in [7, 11) is 0. The molecule has 0 saturated carbocycles. The van der Waals surface area contributed by atoms with Gasteiger partial charge >= 0.3 is 6.03 Å². The van der Waals surface area contributed by atoms with Crippen molar-refractivity contribution in [3.05, 3.63) is 17.3 Å². The number of nitrogens with one attached hydrogen (secondary N) is 1. The largest absolute Gasteiger partial charge is 0.359 e. The Hall–Kier alpha value is -2.00. The van der Waals surface area contributed by atoms with Crippen LogP contribution in [0.3, 0.4) is 0 Å². The monoisotopic (exact) mass is 226 g/mol. The van der Waals surface area contributed by atoms with Crippen molar-refractivity contribution in [3.63, 3.8) is 0 Å². The van der Waals surface area contributed by atoms with Gasteiger partial charge in [-0.3, -0.25) is 5.21 Å². The predicted molar refractivity (Wildman–Crippen MR) is 52.3 cm³/mol. The van der Waals surface area contributed by atoms with Crippen molar-refractivity contribution in [2.75, 3.05) is 5.17 Å². The van der Waals surface area contributed by atoms with E-state index in [4.69, 9.17) is 18.0 Å². The molecule has 2 heterocycles. The molecular formula is C6H6N6O2S. The van der Waals surface area contributed by atoms with Crippen LogP contribution in [0.4, 0.5) is 4.79 Å². The number of fused-ring (bicyclic) bond motifs is 1. The number of aromatic nitrogens is 4. The van der Waals surface area contributed by atoms with Crippen LogP contribution in [0.1, 0.15) is 0 Å². The van der Waals surface area contributed by atoms with Gasteiger partial charge in [0.05, 0.1) is 6.33 Å².